The third kappa shape index (κ3) is 2.28. The summed E-state index contributed by atoms with van der Waals surface area (Å²) in [6.45, 7) is 0. The standard InChI is InChI=1S/C15H10Cl2N2/c16-12-4-3-10(6-13(12)17)15-7-11-2-1-9(8-18)5-14(11)19-15/h1-6,15,19H,7H2. The molecule has 1 N–H and O–H groups in total. The number of nitrogens with zero attached hydrogens (tertiary/aromatic N) is 1. The van der Waals surface area contributed by atoms with Crippen LogP contribution >= 0.6 is 23.2 Å². The van der Waals surface area contributed by atoms with Crippen molar-refractivity contribution in [1.82, 2.24) is 0 Å². The van der Waals surface area contributed by atoms with Crippen molar-refractivity contribution in [2.24, 2.45) is 0 Å². The largest absolute Gasteiger partial charge is 0.378 e. The highest BCUT2D eigenvalue weighted by molar-refractivity contribution is 6.42. The molecule has 19 heavy (non-hydrogen) atoms. The van der Waals surface area contributed by atoms with Gasteiger partial charge in [0, 0.05) is 5.69 Å². The maximum absolute atomic E-state index is 8.91. The zero-order chi connectivity index (χ0) is 13.4. The SMILES string of the molecule is N#Cc1ccc2c(c1)NC(c1ccc(Cl)c(Cl)c1)C2. The Balaban J connectivity index is 1.91. The van der Waals surface area contributed by atoms with Crippen LogP contribution in [0.25, 0.3) is 0 Å². The van der Waals surface area contributed by atoms with E-state index in [0.29, 0.717) is 15.6 Å². The van der Waals surface area contributed by atoms with E-state index in [0.717, 1.165) is 17.7 Å². The van der Waals surface area contributed by atoms with Gasteiger partial charge in [0.15, 0.2) is 0 Å². The van der Waals surface area contributed by atoms with Crippen LogP contribution in [0.15, 0.2) is 36.4 Å². The molecule has 2 aromatic carbocycles. The van der Waals surface area contributed by atoms with E-state index in [9.17, 15) is 0 Å². The Morgan fingerprint density at radius 1 is 1.11 bits per heavy atom. The smallest absolute Gasteiger partial charge is 0.0992 e. The molecule has 1 heterocycles. The van der Waals surface area contributed by atoms with Crippen molar-refractivity contribution >= 4 is 28.9 Å². The van der Waals surface area contributed by atoms with Crippen LogP contribution in [0, 0.1) is 11.3 Å². The summed E-state index contributed by atoms with van der Waals surface area (Å²) in [5.74, 6) is 0. The molecule has 2 nitrogen and oxygen atoms in total. The number of halogens is 2. The van der Waals surface area contributed by atoms with Gasteiger partial charge >= 0.3 is 0 Å². The summed E-state index contributed by atoms with van der Waals surface area (Å²) in [4.78, 5) is 0. The minimum atomic E-state index is 0.179. The molecule has 0 bridgehead atoms. The number of fused-ring (bicyclic) bond motifs is 1. The van der Waals surface area contributed by atoms with E-state index in [2.05, 4.69) is 11.4 Å². The molecular weight excluding hydrogens is 279 g/mol. The van der Waals surface area contributed by atoms with Gasteiger partial charge in [-0.2, -0.15) is 5.26 Å². The van der Waals surface area contributed by atoms with Crippen LogP contribution < -0.4 is 5.32 Å². The van der Waals surface area contributed by atoms with Gasteiger partial charge in [-0.3, -0.25) is 0 Å². The molecule has 1 atom stereocenters. The Labute approximate surface area is 121 Å². The van der Waals surface area contributed by atoms with Gasteiger partial charge in [-0.05, 0) is 41.8 Å². The number of nitriles is 1. The first kappa shape index (κ1) is 12.3. The predicted octanol–water partition coefficient (Wildman–Crippen LogP) is 4.57. The Morgan fingerprint density at radius 2 is 1.95 bits per heavy atom. The second-order valence-corrected chi connectivity index (χ2v) is 5.37. The minimum absolute atomic E-state index is 0.179. The third-order valence-electron chi connectivity index (χ3n) is 3.34. The molecule has 4 heteroatoms. The van der Waals surface area contributed by atoms with Crippen molar-refractivity contribution in [3.63, 3.8) is 0 Å². The number of nitrogens with one attached hydrogen (secondary N) is 1. The fourth-order valence-corrected chi connectivity index (χ4v) is 2.65. The molecule has 1 aliphatic heterocycles. The van der Waals surface area contributed by atoms with Crippen molar-refractivity contribution < 1.29 is 0 Å². The third-order valence-corrected chi connectivity index (χ3v) is 4.08. The van der Waals surface area contributed by atoms with Crippen LogP contribution in [-0.4, -0.2) is 0 Å². The zero-order valence-corrected chi connectivity index (χ0v) is 11.5. The lowest BCUT2D eigenvalue weighted by molar-refractivity contribution is 0.824. The predicted molar refractivity (Wildman–Crippen MR) is 77.7 cm³/mol. The fraction of sp³-hybridized carbons (Fsp3) is 0.133. The van der Waals surface area contributed by atoms with Gasteiger partial charge in [-0.1, -0.05) is 35.3 Å². The quantitative estimate of drug-likeness (QED) is 0.834. The van der Waals surface area contributed by atoms with Crippen LogP contribution in [0.4, 0.5) is 5.69 Å². The van der Waals surface area contributed by atoms with Crippen molar-refractivity contribution in [3.05, 3.63) is 63.1 Å². The second kappa shape index (κ2) is 4.77. The Hall–Kier alpha value is -1.69. The highest BCUT2D eigenvalue weighted by Gasteiger charge is 2.22. The first-order valence-electron chi connectivity index (χ1n) is 5.92. The van der Waals surface area contributed by atoms with Gasteiger partial charge < -0.3 is 5.32 Å². The van der Waals surface area contributed by atoms with Gasteiger partial charge in [0.2, 0.25) is 0 Å². The second-order valence-electron chi connectivity index (χ2n) is 4.56. The van der Waals surface area contributed by atoms with E-state index >= 15 is 0 Å². The molecule has 3 rings (SSSR count). The van der Waals surface area contributed by atoms with Crippen LogP contribution in [0.2, 0.25) is 10.0 Å². The highest BCUT2D eigenvalue weighted by Crippen LogP contribution is 2.36. The zero-order valence-electron chi connectivity index (χ0n) is 9.95. The Morgan fingerprint density at radius 3 is 2.68 bits per heavy atom. The molecule has 2 aromatic rings. The highest BCUT2D eigenvalue weighted by atomic mass is 35.5. The topological polar surface area (TPSA) is 35.8 Å². The molecule has 94 valence electrons. The normalized spacial score (nSPS) is 16.6. The summed E-state index contributed by atoms with van der Waals surface area (Å²) >= 11 is 12.0. The number of benzene rings is 2. The van der Waals surface area contributed by atoms with Crippen LogP contribution in [0.5, 0.6) is 0 Å². The van der Waals surface area contributed by atoms with Gasteiger partial charge in [0.1, 0.15) is 0 Å². The van der Waals surface area contributed by atoms with Crippen LogP contribution in [0.1, 0.15) is 22.7 Å². The van der Waals surface area contributed by atoms with Crippen molar-refractivity contribution in [2.75, 3.05) is 5.32 Å². The van der Waals surface area contributed by atoms with E-state index in [-0.39, 0.29) is 6.04 Å². The molecule has 0 aromatic heterocycles. The molecule has 0 spiro atoms. The average Bonchev–Trinajstić information content (AvgIpc) is 2.84. The first-order valence-corrected chi connectivity index (χ1v) is 6.67. The maximum Gasteiger partial charge on any atom is 0.0992 e. The van der Waals surface area contributed by atoms with Crippen LogP contribution in [-0.2, 0) is 6.42 Å². The fourth-order valence-electron chi connectivity index (χ4n) is 2.35. The Bertz CT molecular complexity index is 689. The molecular formula is C15H10Cl2N2. The number of anilines is 1. The monoisotopic (exact) mass is 288 g/mol. The van der Waals surface area contributed by atoms with E-state index in [1.54, 1.807) is 0 Å². The molecule has 0 saturated heterocycles. The molecule has 1 unspecified atom stereocenters. The maximum atomic E-state index is 8.91. The molecule has 0 fully saturated rings. The van der Waals surface area contributed by atoms with Gasteiger partial charge in [-0.15, -0.1) is 0 Å². The summed E-state index contributed by atoms with van der Waals surface area (Å²) < 4.78 is 0. The summed E-state index contributed by atoms with van der Waals surface area (Å²) in [5, 5.41) is 13.5. The molecule has 0 saturated carbocycles. The molecule has 0 amide bonds. The van der Waals surface area contributed by atoms with Gasteiger partial charge in [-0.25, -0.2) is 0 Å². The summed E-state index contributed by atoms with van der Waals surface area (Å²) in [5.41, 5.74) is 4.01. The van der Waals surface area contributed by atoms with E-state index in [1.165, 1.54) is 5.56 Å². The Kier molecular flexibility index (Phi) is 3.10. The lowest BCUT2D eigenvalue weighted by Gasteiger charge is -2.12. The molecule has 0 aliphatic carbocycles. The van der Waals surface area contributed by atoms with E-state index < -0.39 is 0 Å². The number of rotatable bonds is 1. The molecule has 0 radical (unpaired) electrons. The van der Waals surface area contributed by atoms with E-state index in [1.807, 2.05) is 36.4 Å². The lowest BCUT2D eigenvalue weighted by Crippen LogP contribution is -2.05. The first-order chi connectivity index (χ1) is 9.17. The lowest BCUT2D eigenvalue weighted by atomic mass is 10.0. The van der Waals surface area contributed by atoms with Crippen LogP contribution in [0.3, 0.4) is 0 Å². The van der Waals surface area contributed by atoms with Gasteiger partial charge in [0.05, 0.1) is 27.7 Å². The van der Waals surface area contributed by atoms with E-state index in [4.69, 9.17) is 28.5 Å². The molecule has 1 aliphatic rings. The van der Waals surface area contributed by atoms with Crippen molar-refractivity contribution in [2.45, 2.75) is 12.5 Å². The minimum Gasteiger partial charge on any atom is -0.378 e. The number of hydrogen-bond acceptors (Lipinski definition) is 2. The summed E-state index contributed by atoms with van der Waals surface area (Å²) in [6.07, 6.45) is 0.888. The summed E-state index contributed by atoms with van der Waals surface area (Å²) in [7, 11) is 0. The van der Waals surface area contributed by atoms with Gasteiger partial charge in [0.25, 0.3) is 0 Å². The summed E-state index contributed by atoms with van der Waals surface area (Å²) in [6, 6.07) is 13.7. The average molecular weight is 289 g/mol. The van der Waals surface area contributed by atoms with Crippen molar-refractivity contribution in [3.8, 4) is 6.07 Å². The van der Waals surface area contributed by atoms with Crippen molar-refractivity contribution in [1.29, 1.82) is 5.26 Å². The number of hydrogen-bond donors (Lipinski definition) is 1.